The molecule has 0 aliphatic heterocycles. The highest BCUT2D eigenvalue weighted by Gasteiger charge is 2.47. The van der Waals surface area contributed by atoms with Crippen molar-refractivity contribution in [1.82, 2.24) is 0 Å². The summed E-state index contributed by atoms with van der Waals surface area (Å²) in [6.45, 7) is 2.15. The van der Waals surface area contributed by atoms with Crippen LogP contribution in [0.25, 0.3) is 21.5 Å². The molecule has 220 valence electrons. The maximum atomic E-state index is 14.7. The van der Waals surface area contributed by atoms with E-state index >= 15 is 0 Å². The normalized spacial score (nSPS) is 22.8. The second-order valence-electron chi connectivity index (χ2n) is 11.7. The summed E-state index contributed by atoms with van der Waals surface area (Å²) >= 11 is 0. The fourth-order valence-corrected chi connectivity index (χ4v) is 8.18. The van der Waals surface area contributed by atoms with Gasteiger partial charge in [0.1, 0.15) is 10.6 Å². The van der Waals surface area contributed by atoms with Crippen molar-refractivity contribution in [2.45, 2.75) is 42.4 Å². The van der Waals surface area contributed by atoms with Gasteiger partial charge in [-0.3, -0.25) is 9.35 Å². The van der Waals surface area contributed by atoms with Crippen molar-refractivity contribution in [3.8, 4) is 5.75 Å². The lowest BCUT2D eigenvalue weighted by Crippen LogP contribution is -2.39. The van der Waals surface area contributed by atoms with Gasteiger partial charge in [0.15, 0.2) is 0 Å². The summed E-state index contributed by atoms with van der Waals surface area (Å²) in [7, 11) is -4.47. The van der Waals surface area contributed by atoms with Gasteiger partial charge in [0, 0.05) is 22.6 Å². The van der Waals surface area contributed by atoms with Gasteiger partial charge in [0.2, 0.25) is 0 Å². The number of rotatable bonds is 4. The predicted molar refractivity (Wildman–Crippen MR) is 174 cm³/mol. The number of esters is 1. The molecule has 0 radical (unpaired) electrons. The molecular formula is C38H32O5S. The van der Waals surface area contributed by atoms with Crippen molar-refractivity contribution in [3.63, 3.8) is 0 Å². The molecule has 5 aromatic rings. The Morgan fingerprint density at radius 2 is 1.32 bits per heavy atom. The van der Waals surface area contributed by atoms with E-state index in [1.54, 1.807) is 24.3 Å². The Morgan fingerprint density at radius 1 is 0.705 bits per heavy atom. The summed E-state index contributed by atoms with van der Waals surface area (Å²) in [5.41, 5.74) is 4.73. The molecule has 4 unspecified atom stereocenters. The molecule has 44 heavy (non-hydrogen) atoms. The van der Waals surface area contributed by atoms with Gasteiger partial charge in [0.25, 0.3) is 10.1 Å². The van der Waals surface area contributed by atoms with Gasteiger partial charge in [-0.1, -0.05) is 109 Å². The van der Waals surface area contributed by atoms with Crippen molar-refractivity contribution < 1.29 is 22.5 Å². The van der Waals surface area contributed by atoms with E-state index in [1.165, 1.54) is 28.6 Å². The lowest BCUT2D eigenvalue weighted by molar-refractivity contribution is -0.141. The largest absolute Gasteiger partial charge is 0.426 e. The number of hydrogen-bond acceptors (Lipinski definition) is 4. The Balaban J connectivity index is 1.42. The molecule has 0 amide bonds. The molecule has 0 fully saturated rings. The number of allylic oxidation sites excluding steroid dienone is 4. The molecule has 2 aliphatic rings. The third kappa shape index (κ3) is 4.84. The Labute approximate surface area is 257 Å². The van der Waals surface area contributed by atoms with E-state index in [2.05, 4.69) is 79.8 Å². The van der Waals surface area contributed by atoms with Crippen molar-refractivity contribution in [2.75, 3.05) is 0 Å². The van der Waals surface area contributed by atoms with Crippen LogP contribution in [0, 0.1) is 12.8 Å². The molecule has 2 bridgehead atoms. The molecule has 0 aromatic heterocycles. The van der Waals surface area contributed by atoms with Gasteiger partial charge in [-0.2, -0.15) is 8.42 Å². The number of fused-ring (bicyclic) bond motifs is 8. The van der Waals surface area contributed by atoms with E-state index < -0.39 is 16.0 Å². The topological polar surface area (TPSA) is 80.7 Å². The van der Waals surface area contributed by atoms with E-state index in [9.17, 15) is 17.8 Å². The van der Waals surface area contributed by atoms with Gasteiger partial charge in [0.05, 0.1) is 5.92 Å². The maximum absolute atomic E-state index is 14.7. The first-order chi connectivity index (χ1) is 21.3. The zero-order chi connectivity index (χ0) is 30.4. The summed E-state index contributed by atoms with van der Waals surface area (Å²) in [5.74, 6) is -0.839. The summed E-state index contributed by atoms with van der Waals surface area (Å²) in [5, 5.41) is 3.07. The molecule has 0 saturated carbocycles. The Kier molecular flexibility index (Phi) is 7.19. The van der Waals surface area contributed by atoms with Crippen LogP contribution >= 0.6 is 0 Å². The molecule has 1 N–H and O–H groups in total. The Morgan fingerprint density at radius 3 is 2.05 bits per heavy atom. The minimum Gasteiger partial charge on any atom is -0.426 e. The molecular weight excluding hydrogens is 568 g/mol. The minimum atomic E-state index is -4.47. The van der Waals surface area contributed by atoms with Gasteiger partial charge in [-0.05, 0) is 70.8 Å². The van der Waals surface area contributed by atoms with Crippen molar-refractivity contribution in [1.29, 1.82) is 0 Å². The minimum absolute atomic E-state index is 0.0428. The summed E-state index contributed by atoms with van der Waals surface area (Å²) < 4.78 is 40.4. The highest BCUT2D eigenvalue weighted by atomic mass is 32.2. The lowest BCUT2D eigenvalue weighted by atomic mass is 9.59. The van der Waals surface area contributed by atoms with E-state index in [-0.39, 0.29) is 34.4 Å². The molecule has 5 nitrogen and oxygen atoms in total. The quantitative estimate of drug-likeness (QED) is 0.127. The first kappa shape index (κ1) is 28.3. The smallest absolute Gasteiger partial charge is 0.315 e. The van der Waals surface area contributed by atoms with Crippen molar-refractivity contribution >= 4 is 37.6 Å². The average Bonchev–Trinajstić information content (AvgIpc) is 3.03. The second-order valence-corrected chi connectivity index (χ2v) is 13.1. The standard InChI is InChI=1S/C38H32O5S/c1-24-26-13-7-6-12-25(26)20-21-27(24)36-32-18-4-2-3-5-19-33(29-15-9-8-14-28(29)32)37(36)38(39)43-34-22-23-35(44(40,41)42)31-17-11-10-16-30(31)34/h2-17,20-23,32-33,36-37H,18-19H2,1H3,(H,40,41,42)/b4-2-,5-3-. The first-order valence-electron chi connectivity index (χ1n) is 14.9. The summed E-state index contributed by atoms with van der Waals surface area (Å²) in [6.07, 6.45) is 9.91. The van der Waals surface area contributed by atoms with Crippen LogP contribution in [-0.2, 0) is 14.9 Å². The van der Waals surface area contributed by atoms with E-state index in [1.807, 2.05) is 12.1 Å². The maximum Gasteiger partial charge on any atom is 0.315 e. The molecule has 7 rings (SSSR count). The summed E-state index contributed by atoms with van der Waals surface area (Å²) in [6, 6.07) is 30.7. The van der Waals surface area contributed by atoms with Gasteiger partial charge in [-0.25, -0.2) is 0 Å². The van der Waals surface area contributed by atoms with Crippen LogP contribution in [0.2, 0.25) is 0 Å². The number of carbonyl (C=O) groups is 1. The third-order valence-corrected chi connectivity index (χ3v) is 10.3. The zero-order valence-electron chi connectivity index (χ0n) is 24.3. The van der Waals surface area contributed by atoms with Crippen LogP contribution in [0.4, 0.5) is 0 Å². The first-order valence-corrected chi connectivity index (χ1v) is 16.4. The van der Waals surface area contributed by atoms with Crippen LogP contribution in [0.1, 0.15) is 52.8 Å². The molecule has 0 saturated heterocycles. The predicted octanol–water partition coefficient (Wildman–Crippen LogP) is 8.64. The van der Waals surface area contributed by atoms with E-state index in [0.29, 0.717) is 17.2 Å². The van der Waals surface area contributed by atoms with Gasteiger partial charge in [-0.15, -0.1) is 0 Å². The highest BCUT2D eigenvalue weighted by molar-refractivity contribution is 7.86. The Bertz CT molecular complexity index is 2090. The number of hydrogen-bond donors (Lipinski definition) is 1. The number of aryl methyl sites for hydroxylation is 1. The van der Waals surface area contributed by atoms with Crippen molar-refractivity contribution in [2.24, 2.45) is 5.92 Å². The van der Waals surface area contributed by atoms with E-state index in [0.717, 1.165) is 22.9 Å². The van der Waals surface area contributed by atoms with Crippen LogP contribution in [0.3, 0.4) is 0 Å². The molecule has 5 aromatic carbocycles. The highest BCUT2D eigenvalue weighted by Crippen LogP contribution is 2.55. The Hall–Kier alpha value is -4.52. The average molecular weight is 601 g/mol. The number of carbonyl (C=O) groups excluding carboxylic acids is 1. The lowest BCUT2D eigenvalue weighted by Gasteiger charge is -2.44. The molecule has 0 heterocycles. The molecule has 2 aliphatic carbocycles. The zero-order valence-corrected chi connectivity index (χ0v) is 25.1. The number of ether oxygens (including phenoxy) is 1. The van der Waals surface area contributed by atoms with Crippen LogP contribution < -0.4 is 4.74 Å². The SMILES string of the molecule is Cc1c(C2C3C/C=C\C=C/CC(c4ccccc43)C2C(=O)Oc2ccc(S(=O)(=O)O)c3ccccc23)ccc2ccccc12. The molecule has 6 heteroatoms. The monoisotopic (exact) mass is 600 g/mol. The van der Waals surface area contributed by atoms with E-state index in [4.69, 9.17) is 4.74 Å². The fourth-order valence-electron chi connectivity index (χ4n) is 7.49. The fraction of sp³-hybridized carbons (Fsp3) is 0.184. The van der Waals surface area contributed by atoms with Gasteiger partial charge >= 0.3 is 5.97 Å². The second kappa shape index (κ2) is 11.2. The molecule has 4 atom stereocenters. The number of benzene rings is 5. The third-order valence-electron chi connectivity index (χ3n) is 9.42. The van der Waals surface area contributed by atoms with Crippen LogP contribution in [0.15, 0.2) is 126 Å². The van der Waals surface area contributed by atoms with Crippen LogP contribution in [0.5, 0.6) is 5.75 Å². The van der Waals surface area contributed by atoms with Crippen LogP contribution in [-0.4, -0.2) is 18.9 Å². The molecule has 0 spiro atoms. The summed E-state index contributed by atoms with van der Waals surface area (Å²) in [4.78, 5) is 14.5. The van der Waals surface area contributed by atoms with Gasteiger partial charge < -0.3 is 4.74 Å². The van der Waals surface area contributed by atoms with Crippen molar-refractivity contribution in [3.05, 3.63) is 144 Å².